The number of H-pyrrole nitrogens is 1. The van der Waals surface area contributed by atoms with Crippen LogP contribution in [0.2, 0.25) is 0 Å². The molecule has 3 rings (SSSR count). The highest BCUT2D eigenvalue weighted by molar-refractivity contribution is 6.07. The van der Waals surface area contributed by atoms with Gasteiger partial charge < -0.3 is 15.8 Å². The summed E-state index contributed by atoms with van der Waals surface area (Å²) in [5.41, 5.74) is -3.64. The minimum Gasteiger partial charge on any atom is -0.421 e. The standard InChI is InChI=1S/C18H13F3N4O4/c19-18(20,21)10-6-8-12(9-7-10)23-15(26)13-14(22-11-4-2-1-3-5-11)24-17(28)25(29)16(13)27/h1-9,22,29H,(H,23,26)(H,24,28). The Kier molecular flexibility index (Phi) is 5.13. The zero-order valence-corrected chi connectivity index (χ0v) is 14.4. The van der Waals surface area contributed by atoms with Gasteiger partial charge in [-0.1, -0.05) is 22.9 Å². The minimum atomic E-state index is -4.54. The molecule has 150 valence electrons. The smallest absolute Gasteiger partial charge is 0.416 e. The predicted octanol–water partition coefficient (Wildman–Crippen LogP) is 2.79. The number of rotatable bonds is 4. The topological polar surface area (TPSA) is 116 Å². The van der Waals surface area contributed by atoms with E-state index in [0.29, 0.717) is 5.69 Å². The van der Waals surface area contributed by atoms with Crippen molar-refractivity contribution in [1.82, 2.24) is 9.71 Å². The molecule has 0 spiro atoms. The van der Waals surface area contributed by atoms with Gasteiger partial charge in [-0.25, -0.2) is 4.79 Å². The number of nitrogens with one attached hydrogen (secondary N) is 3. The van der Waals surface area contributed by atoms with Gasteiger partial charge in [0.05, 0.1) is 5.56 Å². The molecule has 0 radical (unpaired) electrons. The molecule has 0 atom stereocenters. The normalized spacial score (nSPS) is 11.1. The number of halogens is 3. The molecule has 1 heterocycles. The van der Waals surface area contributed by atoms with Crippen LogP contribution in [-0.4, -0.2) is 20.8 Å². The molecule has 0 saturated heterocycles. The lowest BCUT2D eigenvalue weighted by molar-refractivity contribution is -0.137. The number of alkyl halides is 3. The number of benzene rings is 2. The van der Waals surface area contributed by atoms with E-state index in [4.69, 9.17) is 0 Å². The van der Waals surface area contributed by atoms with Gasteiger partial charge in [-0.2, -0.15) is 13.2 Å². The summed E-state index contributed by atoms with van der Waals surface area (Å²) in [6.45, 7) is 0. The summed E-state index contributed by atoms with van der Waals surface area (Å²) in [4.78, 5) is 38.7. The Bertz CT molecular complexity index is 1150. The molecule has 11 heteroatoms. The molecule has 1 aromatic heterocycles. The van der Waals surface area contributed by atoms with E-state index < -0.39 is 34.5 Å². The molecule has 1 amide bonds. The molecular formula is C18H13F3N4O4. The molecule has 0 saturated carbocycles. The van der Waals surface area contributed by atoms with Crippen LogP contribution in [0, 0.1) is 0 Å². The average Bonchev–Trinajstić information content (AvgIpc) is 2.67. The Balaban J connectivity index is 1.96. The van der Waals surface area contributed by atoms with Crippen molar-refractivity contribution < 1.29 is 23.2 Å². The van der Waals surface area contributed by atoms with Gasteiger partial charge in [0.15, 0.2) is 0 Å². The molecular weight excluding hydrogens is 393 g/mol. The Morgan fingerprint density at radius 3 is 2.17 bits per heavy atom. The van der Waals surface area contributed by atoms with Crippen LogP contribution in [0.3, 0.4) is 0 Å². The van der Waals surface area contributed by atoms with Gasteiger partial charge in [-0.3, -0.25) is 14.6 Å². The molecule has 0 aliphatic rings. The van der Waals surface area contributed by atoms with Gasteiger partial charge in [0.1, 0.15) is 11.4 Å². The number of anilines is 3. The molecule has 0 aliphatic heterocycles. The SMILES string of the molecule is O=C(Nc1ccc(C(F)(F)F)cc1)c1c(Nc2ccccc2)[nH]c(=O)n(O)c1=O. The third kappa shape index (κ3) is 4.29. The van der Waals surface area contributed by atoms with Crippen LogP contribution >= 0.6 is 0 Å². The lowest BCUT2D eigenvalue weighted by atomic mass is 10.2. The summed E-state index contributed by atoms with van der Waals surface area (Å²) in [5.74, 6) is -1.34. The summed E-state index contributed by atoms with van der Waals surface area (Å²) in [5, 5.41) is 14.5. The monoisotopic (exact) mass is 406 g/mol. The lowest BCUT2D eigenvalue weighted by Gasteiger charge is -2.12. The van der Waals surface area contributed by atoms with Gasteiger partial charge in [-0.15, -0.1) is 0 Å². The van der Waals surface area contributed by atoms with Gasteiger partial charge in [0.25, 0.3) is 5.91 Å². The number of aromatic nitrogens is 2. The van der Waals surface area contributed by atoms with Crippen LogP contribution in [0.4, 0.5) is 30.4 Å². The highest BCUT2D eigenvalue weighted by Crippen LogP contribution is 2.30. The fraction of sp³-hybridized carbons (Fsp3) is 0.0556. The van der Waals surface area contributed by atoms with E-state index in [1.165, 1.54) is 0 Å². The largest absolute Gasteiger partial charge is 0.421 e. The maximum atomic E-state index is 12.6. The number of para-hydroxylation sites is 1. The van der Waals surface area contributed by atoms with E-state index in [-0.39, 0.29) is 16.2 Å². The van der Waals surface area contributed by atoms with Crippen molar-refractivity contribution in [2.75, 3.05) is 10.6 Å². The molecule has 0 fully saturated rings. The highest BCUT2D eigenvalue weighted by atomic mass is 19.4. The van der Waals surface area contributed by atoms with Gasteiger partial charge >= 0.3 is 17.4 Å². The first-order valence-corrected chi connectivity index (χ1v) is 8.06. The predicted molar refractivity (Wildman–Crippen MR) is 97.6 cm³/mol. The van der Waals surface area contributed by atoms with Crippen molar-refractivity contribution in [3.8, 4) is 0 Å². The molecule has 0 bridgehead atoms. The summed E-state index contributed by atoms with van der Waals surface area (Å²) in [6, 6.07) is 11.8. The maximum absolute atomic E-state index is 12.6. The van der Waals surface area contributed by atoms with Crippen LogP contribution in [0.5, 0.6) is 0 Å². The van der Waals surface area contributed by atoms with E-state index in [1.807, 2.05) is 0 Å². The van der Waals surface area contributed by atoms with E-state index >= 15 is 0 Å². The van der Waals surface area contributed by atoms with Crippen molar-refractivity contribution in [2.45, 2.75) is 6.18 Å². The van der Waals surface area contributed by atoms with Crippen LogP contribution in [0.15, 0.2) is 64.2 Å². The summed E-state index contributed by atoms with van der Waals surface area (Å²) in [6.07, 6.45) is -4.54. The van der Waals surface area contributed by atoms with Crippen molar-refractivity contribution in [3.05, 3.63) is 86.6 Å². The third-order valence-electron chi connectivity index (χ3n) is 3.82. The number of hydrogen-bond acceptors (Lipinski definition) is 5. The van der Waals surface area contributed by atoms with E-state index in [2.05, 4.69) is 15.6 Å². The summed E-state index contributed by atoms with van der Waals surface area (Å²) >= 11 is 0. The Labute approximate surface area is 160 Å². The van der Waals surface area contributed by atoms with Crippen LogP contribution in [0.1, 0.15) is 15.9 Å². The van der Waals surface area contributed by atoms with Crippen molar-refractivity contribution in [1.29, 1.82) is 0 Å². The fourth-order valence-electron chi connectivity index (χ4n) is 2.43. The second-order valence-electron chi connectivity index (χ2n) is 5.82. The molecule has 3 aromatic rings. The second-order valence-corrected chi connectivity index (χ2v) is 5.82. The third-order valence-corrected chi connectivity index (χ3v) is 3.82. The molecule has 2 aromatic carbocycles. The average molecular weight is 406 g/mol. The summed E-state index contributed by atoms with van der Waals surface area (Å²) in [7, 11) is 0. The Morgan fingerprint density at radius 2 is 1.59 bits per heavy atom. The molecule has 0 aliphatic carbocycles. The highest BCUT2D eigenvalue weighted by Gasteiger charge is 2.30. The first kappa shape index (κ1) is 19.7. The van der Waals surface area contributed by atoms with Gasteiger partial charge in [-0.05, 0) is 36.4 Å². The fourth-order valence-corrected chi connectivity index (χ4v) is 2.43. The number of nitrogens with zero attached hydrogens (tertiary/aromatic N) is 1. The Hall–Kier alpha value is -4.02. The zero-order chi connectivity index (χ0) is 21.2. The summed E-state index contributed by atoms with van der Waals surface area (Å²) < 4.78 is 37.6. The first-order valence-electron chi connectivity index (χ1n) is 8.06. The van der Waals surface area contributed by atoms with E-state index in [1.54, 1.807) is 30.3 Å². The molecule has 8 nitrogen and oxygen atoms in total. The Morgan fingerprint density at radius 1 is 0.966 bits per heavy atom. The van der Waals surface area contributed by atoms with Crippen LogP contribution in [0.25, 0.3) is 0 Å². The van der Waals surface area contributed by atoms with Crippen LogP contribution < -0.4 is 21.9 Å². The quantitative estimate of drug-likeness (QED) is 0.497. The lowest BCUT2D eigenvalue weighted by Crippen LogP contribution is -2.39. The van der Waals surface area contributed by atoms with Crippen molar-refractivity contribution in [2.24, 2.45) is 0 Å². The maximum Gasteiger partial charge on any atom is 0.416 e. The zero-order valence-electron chi connectivity index (χ0n) is 14.4. The minimum absolute atomic E-state index is 0.0243. The van der Waals surface area contributed by atoms with Crippen molar-refractivity contribution >= 4 is 23.1 Å². The number of carbonyl (C=O) groups is 1. The number of carbonyl (C=O) groups excluding carboxylic acids is 1. The number of hydrogen-bond donors (Lipinski definition) is 4. The first-order chi connectivity index (χ1) is 13.7. The second kappa shape index (κ2) is 7.54. The molecule has 0 unspecified atom stereocenters. The van der Waals surface area contributed by atoms with Crippen molar-refractivity contribution in [3.63, 3.8) is 0 Å². The molecule has 29 heavy (non-hydrogen) atoms. The van der Waals surface area contributed by atoms with E-state index in [9.17, 15) is 32.8 Å². The van der Waals surface area contributed by atoms with E-state index in [0.717, 1.165) is 24.3 Å². The van der Waals surface area contributed by atoms with Crippen LogP contribution in [-0.2, 0) is 6.18 Å². The van der Waals surface area contributed by atoms with Gasteiger partial charge in [0.2, 0.25) is 0 Å². The van der Waals surface area contributed by atoms with Gasteiger partial charge in [0, 0.05) is 11.4 Å². The molecule has 4 N–H and O–H groups in total. The number of amides is 1. The number of aromatic amines is 1.